The van der Waals surface area contributed by atoms with Gasteiger partial charge in [-0.05, 0) is 24.6 Å². The maximum Gasteiger partial charge on any atom is 0.0772 e. The lowest BCUT2D eigenvalue weighted by Gasteiger charge is -2.15. The van der Waals surface area contributed by atoms with Crippen molar-refractivity contribution in [1.29, 1.82) is 0 Å². The molecule has 1 atom stereocenters. The van der Waals surface area contributed by atoms with Crippen LogP contribution in [0.4, 0.5) is 5.69 Å². The molecule has 72 valence electrons. The standard InChI is InChI=1S/C10H14BrNO/c1-7(13)9-5-4-8(12(2)3)6-10(9)11/h4-7,13H,1-3H3/t7-/m0/s1. The zero-order chi connectivity index (χ0) is 10.0. The molecule has 0 aliphatic heterocycles. The molecule has 2 nitrogen and oxygen atoms in total. The molecule has 1 aromatic rings. The molecule has 0 saturated heterocycles. The minimum atomic E-state index is -0.425. The highest BCUT2D eigenvalue weighted by atomic mass is 79.9. The van der Waals surface area contributed by atoms with E-state index in [-0.39, 0.29) is 0 Å². The summed E-state index contributed by atoms with van der Waals surface area (Å²) in [7, 11) is 3.98. The normalized spacial score (nSPS) is 12.7. The third-order valence-electron chi connectivity index (χ3n) is 1.95. The second-order valence-electron chi connectivity index (χ2n) is 3.28. The Morgan fingerprint density at radius 2 is 2.00 bits per heavy atom. The molecular weight excluding hydrogens is 230 g/mol. The molecule has 0 spiro atoms. The monoisotopic (exact) mass is 243 g/mol. The molecule has 0 aliphatic carbocycles. The van der Waals surface area contributed by atoms with Gasteiger partial charge in [-0.25, -0.2) is 0 Å². The molecule has 3 heteroatoms. The van der Waals surface area contributed by atoms with Gasteiger partial charge < -0.3 is 10.0 Å². The molecule has 1 rings (SSSR count). The molecule has 0 unspecified atom stereocenters. The molecule has 0 heterocycles. The molecule has 0 bridgehead atoms. The van der Waals surface area contributed by atoms with Crippen LogP contribution in [0.2, 0.25) is 0 Å². The number of rotatable bonds is 2. The lowest BCUT2D eigenvalue weighted by molar-refractivity contribution is 0.198. The van der Waals surface area contributed by atoms with Gasteiger partial charge in [0.2, 0.25) is 0 Å². The second-order valence-corrected chi connectivity index (χ2v) is 4.13. The summed E-state index contributed by atoms with van der Waals surface area (Å²) in [6, 6.07) is 5.93. The minimum Gasteiger partial charge on any atom is -0.389 e. The van der Waals surface area contributed by atoms with Gasteiger partial charge in [-0.2, -0.15) is 0 Å². The summed E-state index contributed by atoms with van der Waals surface area (Å²) in [6.45, 7) is 1.76. The molecule has 0 aromatic heterocycles. The van der Waals surface area contributed by atoms with Crippen LogP contribution in [0, 0.1) is 0 Å². The summed E-state index contributed by atoms with van der Waals surface area (Å²) < 4.78 is 0.953. The first-order valence-corrected chi connectivity index (χ1v) is 4.96. The first-order chi connectivity index (χ1) is 6.02. The number of hydrogen-bond donors (Lipinski definition) is 1. The Labute approximate surface area is 87.3 Å². The Hall–Kier alpha value is -0.540. The maximum absolute atomic E-state index is 9.39. The van der Waals surface area contributed by atoms with Gasteiger partial charge in [-0.15, -0.1) is 0 Å². The fourth-order valence-electron chi connectivity index (χ4n) is 1.13. The zero-order valence-corrected chi connectivity index (χ0v) is 9.67. The summed E-state index contributed by atoms with van der Waals surface area (Å²) in [6.07, 6.45) is -0.425. The largest absolute Gasteiger partial charge is 0.389 e. The number of benzene rings is 1. The molecule has 0 saturated carbocycles. The molecule has 1 N–H and O–H groups in total. The van der Waals surface area contributed by atoms with Crippen LogP contribution in [0.1, 0.15) is 18.6 Å². The van der Waals surface area contributed by atoms with Crippen molar-refractivity contribution < 1.29 is 5.11 Å². The molecule has 0 radical (unpaired) electrons. The Kier molecular flexibility index (Phi) is 3.33. The van der Waals surface area contributed by atoms with Crippen LogP contribution in [0.25, 0.3) is 0 Å². The van der Waals surface area contributed by atoms with Gasteiger partial charge in [0.25, 0.3) is 0 Å². The van der Waals surface area contributed by atoms with Crippen molar-refractivity contribution in [2.45, 2.75) is 13.0 Å². The molecule has 1 aromatic carbocycles. The number of anilines is 1. The number of nitrogens with zero attached hydrogens (tertiary/aromatic N) is 1. The molecule has 0 amide bonds. The van der Waals surface area contributed by atoms with Crippen LogP contribution in [0.15, 0.2) is 22.7 Å². The fourth-order valence-corrected chi connectivity index (χ4v) is 1.83. The van der Waals surface area contributed by atoms with Crippen molar-refractivity contribution in [2.24, 2.45) is 0 Å². The highest BCUT2D eigenvalue weighted by Crippen LogP contribution is 2.27. The summed E-state index contributed by atoms with van der Waals surface area (Å²) >= 11 is 3.43. The topological polar surface area (TPSA) is 23.5 Å². The highest BCUT2D eigenvalue weighted by Gasteiger charge is 2.06. The van der Waals surface area contributed by atoms with Crippen LogP contribution in [0.3, 0.4) is 0 Å². The first-order valence-electron chi connectivity index (χ1n) is 4.17. The SMILES string of the molecule is C[C@H](O)c1ccc(N(C)C)cc1Br. The van der Waals surface area contributed by atoms with E-state index in [0.29, 0.717) is 0 Å². The summed E-state index contributed by atoms with van der Waals surface area (Å²) in [5.41, 5.74) is 2.04. The third-order valence-corrected chi connectivity index (χ3v) is 2.64. The van der Waals surface area contributed by atoms with E-state index in [1.165, 1.54) is 0 Å². The lowest BCUT2D eigenvalue weighted by atomic mass is 10.1. The van der Waals surface area contributed by atoms with E-state index in [4.69, 9.17) is 0 Å². The Morgan fingerprint density at radius 3 is 2.38 bits per heavy atom. The van der Waals surface area contributed by atoms with Crippen molar-refractivity contribution >= 4 is 21.6 Å². The minimum absolute atomic E-state index is 0.425. The van der Waals surface area contributed by atoms with Crippen LogP contribution in [-0.2, 0) is 0 Å². The summed E-state index contributed by atoms with van der Waals surface area (Å²) in [4.78, 5) is 2.02. The van der Waals surface area contributed by atoms with Crippen LogP contribution >= 0.6 is 15.9 Å². The first kappa shape index (κ1) is 10.5. The van der Waals surface area contributed by atoms with E-state index in [1.54, 1.807) is 6.92 Å². The Morgan fingerprint density at radius 1 is 1.38 bits per heavy atom. The smallest absolute Gasteiger partial charge is 0.0772 e. The van der Waals surface area contributed by atoms with Crippen LogP contribution in [0.5, 0.6) is 0 Å². The van der Waals surface area contributed by atoms with E-state index < -0.39 is 6.10 Å². The van der Waals surface area contributed by atoms with E-state index in [0.717, 1.165) is 15.7 Å². The van der Waals surface area contributed by atoms with Gasteiger partial charge in [0.15, 0.2) is 0 Å². The number of aliphatic hydroxyl groups excluding tert-OH is 1. The highest BCUT2D eigenvalue weighted by molar-refractivity contribution is 9.10. The predicted molar refractivity (Wildman–Crippen MR) is 59.1 cm³/mol. The van der Waals surface area contributed by atoms with Crippen molar-refractivity contribution in [1.82, 2.24) is 0 Å². The molecular formula is C10H14BrNO. The third kappa shape index (κ3) is 2.45. The predicted octanol–water partition coefficient (Wildman–Crippen LogP) is 2.57. The Balaban J connectivity index is 3.06. The number of halogens is 1. The van der Waals surface area contributed by atoms with Crippen LogP contribution in [-0.4, -0.2) is 19.2 Å². The Bertz CT molecular complexity index is 297. The lowest BCUT2D eigenvalue weighted by Crippen LogP contribution is -2.08. The average molecular weight is 244 g/mol. The zero-order valence-electron chi connectivity index (χ0n) is 8.08. The van der Waals surface area contributed by atoms with Gasteiger partial charge in [0, 0.05) is 24.3 Å². The van der Waals surface area contributed by atoms with Crippen LogP contribution < -0.4 is 4.90 Å². The average Bonchev–Trinajstić information content (AvgIpc) is 2.03. The van der Waals surface area contributed by atoms with E-state index in [2.05, 4.69) is 15.9 Å². The molecule has 0 aliphatic rings. The van der Waals surface area contributed by atoms with E-state index >= 15 is 0 Å². The van der Waals surface area contributed by atoms with Crippen molar-refractivity contribution in [3.8, 4) is 0 Å². The van der Waals surface area contributed by atoms with Gasteiger partial charge in [0.05, 0.1) is 6.10 Å². The maximum atomic E-state index is 9.39. The molecule has 0 fully saturated rings. The second kappa shape index (κ2) is 4.11. The van der Waals surface area contributed by atoms with Gasteiger partial charge in [0.1, 0.15) is 0 Å². The van der Waals surface area contributed by atoms with E-state index in [1.807, 2.05) is 37.2 Å². The summed E-state index contributed by atoms with van der Waals surface area (Å²) in [5.74, 6) is 0. The fraction of sp³-hybridized carbons (Fsp3) is 0.400. The van der Waals surface area contributed by atoms with Crippen molar-refractivity contribution in [2.75, 3.05) is 19.0 Å². The van der Waals surface area contributed by atoms with E-state index in [9.17, 15) is 5.11 Å². The van der Waals surface area contributed by atoms with Gasteiger partial charge in [-0.3, -0.25) is 0 Å². The van der Waals surface area contributed by atoms with Crippen molar-refractivity contribution in [3.05, 3.63) is 28.2 Å². The molecule has 13 heavy (non-hydrogen) atoms. The number of hydrogen-bond acceptors (Lipinski definition) is 2. The van der Waals surface area contributed by atoms with Crippen molar-refractivity contribution in [3.63, 3.8) is 0 Å². The quantitative estimate of drug-likeness (QED) is 0.864. The summed E-state index contributed by atoms with van der Waals surface area (Å²) in [5, 5.41) is 9.39. The number of aliphatic hydroxyl groups is 1. The van der Waals surface area contributed by atoms with Gasteiger partial charge >= 0.3 is 0 Å². The van der Waals surface area contributed by atoms with Gasteiger partial charge in [-0.1, -0.05) is 22.0 Å².